The number of nitrogens with one attached hydrogen (secondary N) is 1. The molecule has 19 heavy (non-hydrogen) atoms. The van der Waals surface area contributed by atoms with Crippen LogP contribution in [0.5, 0.6) is 0 Å². The predicted molar refractivity (Wildman–Crippen MR) is 70.7 cm³/mol. The van der Waals surface area contributed by atoms with Crippen molar-refractivity contribution in [2.75, 3.05) is 25.2 Å². The first-order chi connectivity index (χ1) is 8.75. The minimum atomic E-state index is -3.65. The van der Waals surface area contributed by atoms with E-state index in [1.54, 1.807) is 0 Å². The fourth-order valence-corrected chi connectivity index (χ4v) is 6.34. The normalized spacial score (nSPS) is 35.8. The Hall–Kier alpha value is -0.220. The Morgan fingerprint density at radius 2 is 2.00 bits per heavy atom. The minimum absolute atomic E-state index is 0.0449. The Kier molecular flexibility index (Phi) is 4.22. The van der Waals surface area contributed by atoms with Gasteiger partial charge in [-0.3, -0.25) is 0 Å². The lowest BCUT2D eigenvalue weighted by atomic mass is 10.2. The first kappa shape index (κ1) is 15.2. The number of hydrogen-bond donors (Lipinski definition) is 1. The molecule has 1 N–H and O–H groups in total. The number of nitrogens with zero attached hydrogens (tertiary/aromatic N) is 1. The molecule has 0 bridgehead atoms. The molecule has 0 aromatic heterocycles. The standard InChI is InChI=1S/C10H20N2O5S2/c1-8-4-3-5-12(8)19(15,16)11-9-6-18(13,14)7-10(9)17-2/h8-11H,3-7H2,1-2H3. The molecule has 112 valence electrons. The molecule has 0 aromatic rings. The van der Waals surface area contributed by atoms with Crippen molar-refractivity contribution in [3.8, 4) is 0 Å². The van der Waals surface area contributed by atoms with Gasteiger partial charge in [-0.05, 0) is 19.8 Å². The fourth-order valence-electron chi connectivity index (χ4n) is 2.68. The zero-order chi connectivity index (χ0) is 14.3. The maximum absolute atomic E-state index is 12.2. The van der Waals surface area contributed by atoms with Crippen molar-refractivity contribution in [3.05, 3.63) is 0 Å². The van der Waals surface area contributed by atoms with Gasteiger partial charge in [-0.2, -0.15) is 17.4 Å². The molecule has 9 heteroatoms. The Labute approximate surface area is 114 Å². The average Bonchev–Trinajstić information content (AvgIpc) is 2.81. The fraction of sp³-hybridized carbons (Fsp3) is 1.00. The molecule has 0 spiro atoms. The molecular formula is C10H20N2O5S2. The monoisotopic (exact) mass is 312 g/mol. The van der Waals surface area contributed by atoms with Gasteiger partial charge in [0.1, 0.15) is 0 Å². The third-order valence-electron chi connectivity index (χ3n) is 3.70. The quantitative estimate of drug-likeness (QED) is 0.727. The van der Waals surface area contributed by atoms with Gasteiger partial charge in [0, 0.05) is 19.7 Å². The number of sulfone groups is 1. The molecule has 2 saturated heterocycles. The molecule has 7 nitrogen and oxygen atoms in total. The average molecular weight is 312 g/mol. The zero-order valence-corrected chi connectivity index (χ0v) is 12.7. The van der Waals surface area contributed by atoms with Crippen molar-refractivity contribution in [2.24, 2.45) is 0 Å². The third-order valence-corrected chi connectivity index (χ3v) is 7.17. The van der Waals surface area contributed by atoms with E-state index in [1.165, 1.54) is 11.4 Å². The number of rotatable bonds is 4. The minimum Gasteiger partial charge on any atom is -0.379 e. The first-order valence-electron chi connectivity index (χ1n) is 6.27. The summed E-state index contributed by atoms with van der Waals surface area (Å²) < 4.78 is 56.5. The lowest BCUT2D eigenvalue weighted by Gasteiger charge is -2.25. The van der Waals surface area contributed by atoms with E-state index in [4.69, 9.17) is 4.74 Å². The van der Waals surface area contributed by atoms with Crippen molar-refractivity contribution in [2.45, 2.75) is 38.0 Å². The van der Waals surface area contributed by atoms with Crippen LogP contribution < -0.4 is 4.72 Å². The predicted octanol–water partition coefficient (Wildman–Crippen LogP) is -0.883. The van der Waals surface area contributed by atoms with E-state index in [0.717, 1.165) is 12.8 Å². The Bertz CT molecular complexity index is 530. The summed E-state index contributed by atoms with van der Waals surface area (Å²) in [5, 5.41) is 0. The van der Waals surface area contributed by atoms with Crippen molar-refractivity contribution < 1.29 is 21.6 Å². The molecule has 2 fully saturated rings. The van der Waals surface area contributed by atoms with E-state index in [0.29, 0.717) is 6.54 Å². The summed E-state index contributed by atoms with van der Waals surface area (Å²) in [6.07, 6.45) is 1.05. The Balaban J connectivity index is 2.12. The van der Waals surface area contributed by atoms with Gasteiger partial charge in [0.05, 0.1) is 23.7 Å². The molecular weight excluding hydrogens is 292 g/mol. The molecule has 3 unspecified atom stereocenters. The van der Waals surface area contributed by atoms with E-state index >= 15 is 0 Å². The van der Waals surface area contributed by atoms with Gasteiger partial charge in [-0.1, -0.05) is 0 Å². The first-order valence-corrected chi connectivity index (χ1v) is 9.53. The largest absolute Gasteiger partial charge is 0.379 e. The van der Waals surface area contributed by atoms with Gasteiger partial charge in [-0.15, -0.1) is 0 Å². The number of ether oxygens (including phenoxy) is 1. The molecule has 2 rings (SSSR count). The number of methoxy groups -OCH3 is 1. The van der Waals surface area contributed by atoms with Crippen LogP contribution in [-0.2, 0) is 24.8 Å². The van der Waals surface area contributed by atoms with Crippen LogP contribution in [0.1, 0.15) is 19.8 Å². The van der Waals surface area contributed by atoms with Crippen molar-refractivity contribution in [1.82, 2.24) is 9.03 Å². The highest BCUT2D eigenvalue weighted by atomic mass is 32.2. The van der Waals surface area contributed by atoms with Crippen molar-refractivity contribution in [3.63, 3.8) is 0 Å². The molecule has 2 heterocycles. The van der Waals surface area contributed by atoms with Gasteiger partial charge >= 0.3 is 0 Å². The SMILES string of the molecule is COC1CS(=O)(=O)CC1NS(=O)(=O)N1CCCC1C. The van der Waals surface area contributed by atoms with Crippen LogP contribution in [0.3, 0.4) is 0 Å². The third kappa shape index (κ3) is 3.27. The molecule has 0 amide bonds. The highest BCUT2D eigenvalue weighted by Crippen LogP contribution is 2.22. The highest BCUT2D eigenvalue weighted by Gasteiger charge is 2.42. The second kappa shape index (κ2) is 5.28. The summed E-state index contributed by atoms with van der Waals surface area (Å²) in [6.45, 7) is 2.33. The lowest BCUT2D eigenvalue weighted by molar-refractivity contribution is 0.105. The highest BCUT2D eigenvalue weighted by molar-refractivity contribution is 7.92. The molecule has 0 aliphatic carbocycles. The van der Waals surface area contributed by atoms with Crippen LogP contribution in [0, 0.1) is 0 Å². The Morgan fingerprint density at radius 3 is 2.53 bits per heavy atom. The summed E-state index contributed by atoms with van der Waals surface area (Å²) in [4.78, 5) is 0. The second-order valence-electron chi connectivity index (χ2n) is 5.18. The van der Waals surface area contributed by atoms with Gasteiger partial charge in [-0.25, -0.2) is 8.42 Å². The second-order valence-corrected chi connectivity index (χ2v) is 8.99. The van der Waals surface area contributed by atoms with Crippen LogP contribution >= 0.6 is 0 Å². The van der Waals surface area contributed by atoms with Crippen LogP contribution in [0.15, 0.2) is 0 Å². The van der Waals surface area contributed by atoms with Crippen molar-refractivity contribution in [1.29, 1.82) is 0 Å². The summed E-state index contributed by atoms with van der Waals surface area (Å²) in [5.74, 6) is -0.334. The van der Waals surface area contributed by atoms with Gasteiger partial charge in [0.25, 0.3) is 10.2 Å². The maximum Gasteiger partial charge on any atom is 0.280 e. The molecule has 0 aromatic carbocycles. The topological polar surface area (TPSA) is 92.8 Å². The molecule has 0 saturated carbocycles. The summed E-state index contributed by atoms with van der Waals surface area (Å²) in [7, 11) is -5.49. The molecule has 2 aliphatic heterocycles. The summed E-state index contributed by atoms with van der Waals surface area (Å²) in [5.41, 5.74) is 0. The smallest absolute Gasteiger partial charge is 0.280 e. The maximum atomic E-state index is 12.2. The van der Waals surface area contributed by atoms with E-state index in [1.807, 2.05) is 6.92 Å². The van der Waals surface area contributed by atoms with Crippen LogP contribution in [0.2, 0.25) is 0 Å². The summed E-state index contributed by atoms with van der Waals surface area (Å²) in [6, 6.07) is -0.746. The van der Waals surface area contributed by atoms with E-state index in [-0.39, 0.29) is 17.5 Å². The zero-order valence-electron chi connectivity index (χ0n) is 11.1. The van der Waals surface area contributed by atoms with Gasteiger partial charge in [0.2, 0.25) is 0 Å². The lowest BCUT2D eigenvalue weighted by Crippen LogP contribution is -2.50. The van der Waals surface area contributed by atoms with E-state index in [9.17, 15) is 16.8 Å². The molecule has 0 radical (unpaired) electrons. The van der Waals surface area contributed by atoms with Crippen LogP contribution in [-0.4, -0.2) is 64.5 Å². The van der Waals surface area contributed by atoms with E-state index < -0.39 is 32.2 Å². The Morgan fingerprint density at radius 1 is 1.32 bits per heavy atom. The van der Waals surface area contributed by atoms with Gasteiger partial charge in [0.15, 0.2) is 9.84 Å². The number of hydrogen-bond acceptors (Lipinski definition) is 5. The van der Waals surface area contributed by atoms with Gasteiger partial charge < -0.3 is 4.74 Å². The molecule has 2 aliphatic rings. The molecule has 3 atom stereocenters. The van der Waals surface area contributed by atoms with Crippen LogP contribution in [0.25, 0.3) is 0 Å². The van der Waals surface area contributed by atoms with Crippen LogP contribution in [0.4, 0.5) is 0 Å². The summed E-state index contributed by atoms with van der Waals surface area (Å²) >= 11 is 0. The van der Waals surface area contributed by atoms with Crippen molar-refractivity contribution >= 4 is 20.0 Å². The van der Waals surface area contributed by atoms with E-state index in [2.05, 4.69) is 4.72 Å².